The lowest BCUT2D eigenvalue weighted by molar-refractivity contribution is -0.153. The number of rotatable bonds is 9. The summed E-state index contributed by atoms with van der Waals surface area (Å²) in [5.74, 6) is -0.404. The minimum Gasteiger partial charge on any atom is -0.482 e. The van der Waals surface area contributed by atoms with Crippen molar-refractivity contribution in [2.45, 2.75) is 32.5 Å². The molecule has 3 aromatic rings. The molecule has 11 nitrogen and oxygen atoms in total. The van der Waals surface area contributed by atoms with Crippen LogP contribution in [0, 0.1) is 0 Å². The normalized spacial score (nSPS) is 15.3. The minimum atomic E-state index is -4.51. The van der Waals surface area contributed by atoms with E-state index in [2.05, 4.69) is 25.2 Å². The van der Waals surface area contributed by atoms with Gasteiger partial charge in [0.25, 0.3) is 0 Å². The van der Waals surface area contributed by atoms with Crippen LogP contribution in [0.25, 0.3) is 11.4 Å². The SMILES string of the molecule is CCOC(=O)c1nn(CCO)c2c1CCc1cnc(Nc3cc(N4CCN(C)CC4)ccc3OCC(F)(F)F)nc1-2. The van der Waals surface area contributed by atoms with Gasteiger partial charge in [0.2, 0.25) is 5.95 Å². The number of hydrogen-bond donors (Lipinski definition) is 2. The summed E-state index contributed by atoms with van der Waals surface area (Å²) < 4.78 is 50.9. The van der Waals surface area contributed by atoms with E-state index in [1.807, 2.05) is 7.05 Å². The summed E-state index contributed by atoms with van der Waals surface area (Å²) in [4.78, 5) is 26.1. The number of alkyl halides is 3. The van der Waals surface area contributed by atoms with Gasteiger partial charge in [0.05, 0.1) is 36.8 Å². The van der Waals surface area contributed by atoms with Gasteiger partial charge in [-0.1, -0.05) is 0 Å². The molecule has 220 valence electrons. The molecule has 1 aliphatic carbocycles. The van der Waals surface area contributed by atoms with Gasteiger partial charge < -0.3 is 29.7 Å². The van der Waals surface area contributed by atoms with Crippen LogP contribution in [0.15, 0.2) is 24.4 Å². The maximum atomic E-state index is 13.0. The van der Waals surface area contributed by atoms with Crippen LogP contribution in [0.4, 0.5) is 30.5 Å². The van der Waals surface area contributed by atoms with Crippen molar-refractivity contribution < 1.29 is 32.5 Å². The lowest BCUT2D eigenvalue weighted by atomic mass is 9.93. The number of fused-ring (bicyclic) bond motifs is 3. The summed E-state index contributed by atoms with van der Waals surface area (Å²) in [5.41, 5.74) is 3.88. The van der Waals surface area contributed by atoms with Crippen molar-refractivity contribution in [2.24, 2.45) is 0 Å². The molecule has 1 aromatic carbocycles. The molecule has 0 radical (unpaired) electrons. The maximum absolute atomic E-state index is 13.0. The van der Waals surface area contributed by atoms with Crippen LogP contribution >= 0.6 is 0 Å². The van der Waals surface area contributed by atoms with Crippen molar-refractivity contribution in [1.29, 1.82) is 0 Å². The molecular weight excluding hydrogens is 543 g/mol. The molecule has 0 saturated carbocycles. The molecule has 14 heteroatoms. The summed E-state index contributed by atoms with van der Waals surface area (Å²) >= 11 is 0. The molecule has 3 heterocycles. The molecule has 2 N–H and O–H groups in total. The number of benzene rings is 1. The molecular formula is C27H32F3N7O4. The summed E-state index contributed by atoms with van der Waals surface area (Å²) in [7, 11) is 2.04. The number of ether oxygens (including phenoxy) is 2. The Kier molecular flexibility index (Phi) is 8.31. The Hall–Kier alpha value is -3.91. The monoisotopic (exact) mass is 575 g/mol. The first kappa shape index (κ1) is 28.6. The van der Waals surface area contributed by atoms with Gasteiger partial charge in [0, 0.05) is 43.6 Å². The van der Waals surface area contributed by atoms with Crippen LogP contribution in [0.1, 0.15) is 28.5 Å². The van der Waals surface area contributed by atoms with Crippen molar-refractivity contribution in [1.82, 2.24) is 24.6 Å². The third-order valence-corrected chi connectivity index (χ3v) is 7.03. The van der Waals surface area contributed by atoms with Crippen LogP contribution in [0.5, 0.6) is 5.75 Å². The van der Waals surface area contributed by atoms with E-state index < -0.39 is 18.8 Å². The first-order valence-corrected chi connectivity index (χ1v) is 13.4. The number of aryl methyl sites for hydroxylation is 1. The molecule has 0 unspecified atom stereocenters. The van der Waals surface area contributed by atoms with E-state index in [1.54, 1.807) is 25.3 Å². The molecule has 2 aliphatic rings. The van der Waals surface area contributed by atoms with E-state index >= 15 is 0 Å². The predicted molar refractivity (Wildman–Crippen MR) is 145 cm³/mol. The van der Waals surface area contributed by atoms with Crippen LogP contribution in [0.3, 0.4) is 0 Å². The zero-order valence-electron chi connectivity index (χ0n) is 22.9. The summed E-state index contributed by atoms with van der Waals surface area (Å²) in [6.07, 6.45) is -1.79. The highest BCUT2D eigenvalue weighted by atomic mass is 19.4. The van der Waals surface area contributed by atoms with Crippen LogP contribution in [-0.4, -0.2) is 94.9 Å². The Bertz CT molecular complexity index is 1400. The highest BCUT2D eigenvalue weighted by molar-refractivity contribution is 5.91. The first-order valence-electron chi connectivity index (χ1n) is 13.4. The van der Waals surface area contributed by atoms with E-state index in [0.29, 0.717) is 29.8 Å². The lowest BCUT2D eigenvalue weighted by Crippen LogP contribution is -2.44. The van der Waals surface area contributed by atoms with E-state index in [-0.39, 0.29) is 42.8 Å². The second-order valence-electron chi connectivity index (χ2n) is 9.91. The standard InChI is InChI=1S/C27H32F3N7O4/c1-3-40-25(39)23-19-6-4-17-15-31-26(33-22(17)24(19)37(34-23)12-13-38)32-20-14-18(36-10-8-35(2)9-11-36)5-7-21(20)41-16-27(28,29)30/h5,7,14-15,38H,3-4,6,8-13,16H2,1-2H3,(H,31,32,33). The van der Waals surface area contributed by atoms with Gasteiger partial charge in [0.1, 0.15) is 5.75 Å². The van der Waals surface area contributed by atoms with Gasteiger partial charge in [-0.15, -0.1) is 0 Å². The molecule has 0 bridgehead atoms. The zero-order valence-corrected chi connectivity index (χ0v) is 22.9. The Morgan fingerprint density at radius 1 is 1.17 bits per heavy atom. The number of aromatic nitrogens is 4. The summed E-state index contributed by atoms with van der Waals surface area (Å²) in [5, 5.41) is 17.1. The van der Waals surface area contributed by atoms with E-state index in [4.69, 9.17) is 14.5 Å². The van der Waals surface area contributed by atoms with Crippen molar-refractivity contribution in [3.05, 3.63) is 41.2 Å². The Labute approximate surface area is 234 Å². The highest BCUT2D eigenvalue weighted by Gasteiger charge is 2.31. The number of aliphatic hydroxyl groups excluding tert-OH is 1. The number of nitrogens with one attached hydrogen (secondary N) is 1. The van der Waals surface area contributed by atoms with Crippen molar-refractivity contribution >= 4 is 23.3 Å². The highest BCUT2D eigenvalue weighted by Crippen LogP contribution is 2.37. The molecule has 2 aromatic heterocycles. The minimum absolute atomic E-state index is 0.0112. The van der Waals surface area contributed by atoms with E-state index in [9.17, 15) is 23.1 Å². The van der Waals surface area contributed by atoms with Gasteiger partial charge in [-0.2, -0.15) is 18.3 Å². The fourth-order valence-corrected chi connectivity index (χ4v) is 5.02. The largest absolute Gasteiger partial charge is 0.482 e. The average molecular weight is 576 g/mol. The molecule has 0 spiro atoms. The number of halogens is 3. The second-order valence-corrected chi connectivity index (χ2v) is 9.91. The number of piperazine rings is 1. The molecule has 1 saturated heterocycles. The van der Waals surface area contributed by atoms with Gasteiger partial charge >= 0.3 is 12.1 Å². The number of hydrogen-bond acceptors (Lipinski definition) is 10. The van der Waals surface area contributed by atoms with Crippen molar-refractivity contribution in [3.8, 4) is 17.1 Å². The number of aliphatic hydroxyl groups is 1. The molecule has 5 rings (SSSR count). The smallest absolute Gasteiger partial charge is 0.422 e. The molecule has 1 fully saturated rings. The number of nitrogens with zero attached hydrogens (tertiary/aromatic N) is 6. The quantitative estimate of drug-likeness (QED) is 0.369. The maximum Gasteiger partial charge on any atom is 0.422 e. The zero-order chi connectivity index (χ0) is 29.1. The number of esters is 1. The van der Waals surface area contributed by atoms with E-state index in [1.165, 1.54) is 10.7 Å². The summed E-state index contributed by atoms with van der Waals surface area (Å²) in [6, 6.07) is 4.99. The van der Waals surface area contributed by atoms with Crippen molar-refractivity contribution in [3.63, 3.8) is 0 Å². The number of carbonyl (C=O) groups is 1. The Balaban J connectivity index is 1.50. The number of anilines is 3. The lowest BCUT2D eigenvalue weighted by Gasteiger charge is -2.34. The third kappa shape index (κ3) is 6.38. The van der Waals surface area contributed by atoms with Gasteiger partial charge in [-0.3, -0.25) is 4.68 Å². The Morgan fingerprint density at radius 2 is 1.95 bits per heavy atom. The molecule has 1 aliphatic heterocycles. The topological polar surface area (TPSA) is 118 Å². The number of likely N-dealkylation sites (N-methyl/N-ethyl adjacent to an activating group) is 1. The third-order valence-electron chi connectivity index (χ3n) is 7.03. The molecule has 41 heavy (non-hydrogen) atoms. The molecule has 0 amide bonds. The number of carbonyl (C=O) groups excluding carboxylic acids is 1. The fourth-order valence-electron chi connectivity index (χ4n) is 5.02. The van der Waals surface area contributed by atoms with Crippen LogP contribution in [0.2, 0.25) is 0 Å². The van der Waals surface area contributed by atoms with Gasteiger partial charge in [-0.05, 0) is 50.6 Å². The summed E-state index contributed by atoms with van der Waals surface area (Å²) in [6.45, 7) is 3.66. The fraction of sp³-hybridized carbons (Fsp3) is 0.481. The Morgan fingerprint density at radius 3 is 2.66 bits per heavy atom. The molecule has 0 atom stereocenters. The van der Waals surface area contributed by atoms with Gasteiger partial charge in [0.15, 0.2) is 12.3 Å². The van der Waals surface area contributed by atoms with E-state index in [0.717, 1.165) is 37.4 Å². The van der Waals surface area contributed by atoms with Crippen LogP contribution < -0.4 is 15.0 Å². The van der Waals surface area contributed by atoms with Crippen molar-refractivity contribution in [2.75, 3.05) is 63.3 Å². The average Bonchev–Trinajstić information content (AvgIpc) is 3.32. The second kappa shape index (κ2) is 11.9. The predicted octanol–water partition coefficient (Wildman–Crippen LogP) is 3.04. The van der Waals surface area contributed by atoms with Gasteiger partial charge in [-0.25, -0.2) is 14.8 Å². The van der Waals surface area contributed by atoms with Crippen LogP contribution in [-0.2, 0) is 24.1 Å². The first-order chi connectivity index (χ1) is 19.7.